The molecule has 1 aliphatic rings. The summed E-state index contributed by atoms with van der Waals surface area (Å²) in [6.45, 7) is 4.59. The molecule has 0 aliphatic heterocycles. The minimum absolute atomic E-state index is 0.209. The second kappa shape index (κ2) is 4.83. The first-order chi connectivity index (χ1) is 7.94. The Morgan fingerprint density at radius 3 is 2.53 bits per heavy atom. The average Bonchev–Trinajstić information content (AvgIpc) is 2.18. The van der Waals surface area contributed by atoms with Crippen LogP contribution in [0.3, 0.4) is 0 Å². The molecule has 0 amide bonds. The fourth-order valence-electron chi connectivity index (χ4n) is 2.73. The summed E-state index contributed by atoms with van der Waals surface area (Å²) in [7, 11) is 0. The van der Waals surface area contributed by atoms with E-state index in [2.05, 4.69) is 32.1 Å². The van der Waals surface area contributed by atoms with E-state index in [1.807, 2.05) is 12.1 Å². The number of hydrogen-bond donors (Lipinski definition) is 1. The Morgan fingerprint density at radius 2 is 1.94 bits per heavy atom. The summed E-state index contributed by atoms with van der Waals surface area (Å²) in [4.78, 5) is 0. The maximum atomic E-state index is 6.08. The number of rotatable bonds is 2. The van der Waals surface area contributed by atoms with Gasteiger partial charge in [-0.15, -0.1) is 0 Å². The van der Waals surface area contributed by atoms with Crippen molar-refractivity contribution < 1.29 is 0 Å². The number of benzene rings is 1. The summed E-state index contributed by atoms with van der Waals surface area (Å²) < 4.78 is 0. The van der Waals surface area contributed by atoms with Gasteiger partial charge in [-0.3, -0.25) is 0 Å². The van der Waals surface area contributed by atoms with Crippen molar-refractivity contribution in [3.8, 4) is 0 Å². The molecule has 0 saturated carbocycles. The van der Waals surface area contributed by atoms with Gasteiger partial charge in [-0.1, -0.05) is 49.2 Å². The lowest BCUT2D eigenvalue weighted by Gasteiger charge is -2.33. The average molecular weight is 250 g/mol. The van der Waals surface area contributed by atoms with Crippen molar-refractivity contribution in [3.05, 3.63) is 46.5 Å². The zero-order valence-electron chi connectivity index (χ0n) is 10.5. The first kappa shape index (κ1) is 12.7. The normalized spacial score (nSPS) is 23.3. The Labute approximate surface area is 109 Å². The van der Waals surface area contributed by atoms with Crippen LogP contribution in [-0.2, 0) is 6.42 Å². The van der Waals surface area contributed by atoms with Gasteiger partial charge < -0.3 is 5.73 Å². The van der Waals surface area contributed by atoms with E-state index in [0.29, 0.717) is 5.41 Å². The van der Waals surface area contributed by atoms with Crippen molar-refractivity contribution in [2.24, 2.45) is 11.1 Å². The van der Waals surface area contributed by atoms with E-state index in [0.717, 1.165) is 24.3 Å². The van der Waals surface area contributed by atoms with Crippen LogP contribution in [0.1, 0.15) is 32.3 Å². The van der Waals surface area contributed by atoms with Gasteiger partial charge in [0.25, 0.3) is 0 Å². The summed E-state index contributed by atoms with van der Waals surface area (Å²) in [5.41, 5.74) is 9.18. The zero-order valence-corrected chi connectivity index (χ0v) is 11.3. The monoisotopic (exact) mass is 249 g/mol. The standard InChI is InChI=1S/C15H20ClN/c1-15(2)9-12(8-14(17)10-15)7-11-3-5-13(16)6-4-11/h3-6,8,14H,7,9-10,17H2,1-2H3. The number of allylic oxidation sites excluding steroid dienone is 1. The van der Waals surface area contributed by atoms with E-state index < -0.39 is 0 Å². The summed E-state index contributed by atoms with van der Waals surface area (Å²) in [5, 5.41) is 0.795. The van der Waals surface area contributed by atoms with Gasteiger partial charge in [0.15, 0.2) is 0 Å². The maximum absolute atomic E-state index is 6.08. The third kappa shape index (κ3) is 3.58. The lowest BCUT2D eigenvalue weighted by Crippen LogP contribution is -2.31. The van der Waals surface area contributed by atoms with E-state index in [-0.39, 0.29) is 6.04 Å². The maximum Gasteiger partial charge on any atom is 0.0406 e. The van der Waals surface area contributed by atoms with Crippen molar-refractivity contribution in [1.29, 1.82) is 0 Å². The molecule has 0 saturated heterocycles. The Bertz CT molecular complexity index is 417. The molecular weight excluding hydrogens is 230 g/mol. The fourth-order valence-corrected chi connectivity index (χ4v) is 2.86. The Morgan fingerprint density at radius 1 is 1.29 bits per heavy atom. The predicted molar refractivity (Wildman–Crippen MR) is 74.2 cm³/mol. The molecule has 0 fully saturated rings. The molecule has 92 valence electrons. The number of nitrogens with two attached hydrogens (primary N) is 1. The Balaban J connectivity index is 2.11. The minimum atomic E-state index is 0.209. The van der Waals surface area contributed by atoms with Crippen LogP contribution < -0.4 is 5.73 Å². The van der Waals surface area contributed by atoms with E-state index >= 15 is 0 Å². The highest BCUT2D eigenvalue weighted by atomic mass is 35.5. The highest BCUT2D eigenvalue weighted by molar-refractivity contribution is 6.30. The van der Waals surface area contributed by atoms with Gasteiger partial charge >= 0.3 is 0 Å². The molecule has 17 heavy (non-hydrogen) atoms. The van der Waals surface area contributed by atoms with Crippen molar-refractivity contribution >= 4 is 11.6 Å². The smallest absolute Gasteiger partial charge is 0.0406 e. The second-order valence-corrected chi connectivity index (χ2v) is 6.27. The molecule has 1 nitrogen and oxygen atoms in total. The molecule has 0 aromatic heterocycles. The van der Waals surface area contributed by atoms with E-state index in [1.54, 1.807) is 0 Å². The van der Waals surface area contributed by atoms with Crippen molar-refractivity contribution in [3.63, 3.8) is 0 Å². The van der Waals surface area contributed by atoms with Crippen LogP contribution in [0, 0.1) is 5.41 Å². The first-order valence-corrected chi connectivity index (χ1v) is 6.52. The molecule has 1 aliphatic carbocycles. The molecule has 1 aromatic carbocycles. The topological polar surface area (TPSA) is 26.0 Å². The van der Waals surface area contributed by atoms with Crippen LogP contribution in [0.15, 0.2) is 35.9 Å². The van der Waals surface area contributed by atoms with Gasteiger partial charge in [0.1, 0.15) is 0 Å². The van der Waals surface area contributed by atoms with Crippen molar-refractivity contribution in [2.75, 3.05) is 0 Å². The van der Waals surface area contributed by atoms with Crippen LogP contribution in [0.2, 0.25) is 5.02 Å². The van der Waals surface area contributed by atoms with E-state index in [1.165, 1.54) is 11.1 Å². The van der Waals surface area contributed by atoms with Crippen LogP contribution >= 0.6 is 11.6 Å². The number of halogens is 1. The third-order valence-corrected chi connectivity index (χ3v) is 3.54. The Kier molecular flexibility index (Phi) is 3.60. The molecule has 0 heterocycles. The molecule has 2 rings (SSSR count). The quantitative estimate of drug-likeness (QED) is 0.789. The van der Waals surface area contributed by atoms with Crippen LogP contribution in [0.25, 0.3) is 0 Å². The summed E-state index contributed by atoms with van der Waals surface area (Å²) >= 11 is 5.89. The van der Waals surface area contributed by atoms with Crippen LogP contribution in [-0.4, -0.2) is 6.04 Å². The Hall–Kier alpha value is -0.790. The summed E-state index contributed by atoms with van der Waals surface area (Å²) in [6, 6.07) is 8.30. The number of hydrogen-bond acceptors (Lipinski definition) is 1. The SMILES string of the molecule is CC1(C)CC(Cc2ccc(Cl)cc2)=CC(N)C1. The van der Waals surface area contributed by atoms with Crippen molar-refractivity contribution in [1.82, 2.24) is 0 Å². The van der Waals surface area contributed by atoms with Gasteiger partial charge in [-0.05, 0) is 42.4 Å². The zero-order chi connectivity index (χ0) is 12.5. The molecule has 1 atom stereocenters. The van der Waals surface area contributed by atoms with Gasteiger partial charge in [-0.2, -0.15) is 0 Å². The highest BCUT2D eigenvalue weighted by Crippen LogP contribution is 2.35. The van der Waals surface area contributed by atoms with Crippen LogP contribution in [0.5, 0.6) is 0 Å². The predicted octanol–water partition coefficient (Wildman–Crippen LogP) is 3.96. The molecule has 1 aromatic rings. The summed E-state index contributed by atoms with van der Waals surface area (Å²) in [6.07, 6.45) is 5.45. The molecule has 1 unspecified atom stereocenters. The highest BCUT2D eigenvalue weighted by Gasteiger charge is 2.26. The summed E-state index contributed by atoms with van der Waals surface area (Å²) in [5.74, 6) is 0. The lowest BCUT2D eigenvalue weighted by molar-refractivity contribution is 0.299. The third-order valence-electron chi connectivity index (χ3n) is 3.29. The fraction of sp³-hybridized carbons (Fsp3) is 0.467. The van der Waals surface area contributed by atoms with Crippen molar-refractivity contribution in [2.45, 2.75) is 39.2 Å². The minimum Gasteiger partial charge on any atom is -0.324 e. The van der Waals surface area contributed by atoms with E-state index in [4.69, 9.17) is 17.3 Å². The first-order valence-electron chi connectivity index (χ1n) is 6.14. The molecule has 0 radical (unpaired) electrons. The molecule has 2 N–H and O–H groups in total. The largest absolute Gasteiger partial charge is 0.324 e. The van der Waals surface area contributed by atoms with Crippen LogP contribution in [0.4, 0.5) is 0 Å². The molecule has 0 bridgehead atoms. The van der Waals surface area contributed by atoms with E-state index in [9.17, 15) is 0 Å². The van der Waals surface area contributed by atoms with Gasteiger partial charge in [0.05, 0.1) is 0 Å². The van der Waals surface area contributed by atoms with Gasteiger partial charge in [0, 0.05) is 11.1 Å². The molecule has 0 spiro atoms. The molecular formula is C15H20ClN. The van der Waals surface area contributed by atoms with Gasteiger partial charge in [-0.25, -0.2) is 0 Å². The second-order valence-electron chi connectivity index (χ2n) is 5.84. The van der Waals surface area contributed by atoms with Gasteiger partial charge in [0.2, 0.25) is 0 Å². The lowest BCUT2D eigenvalue weighted by atomic mass is 9.74. The molecule has 2 heteroatoms.